The van der Waals surface area contributed by atoms with Crippen molar-refractivity contribution in [3.05, 3.63) is 0 Å². The molecule has 0 heterocycles. The maximum atomic E-state index is 6.03. The third-order valence-electron chi connectivity index (χ3n) is 4.58. The highest BCUT2D eigenvalue weighted by atomic mass is 15.2. The van der Waals surface area contributed by atoms with Gasteiger partial charge in [-0.15, -0.1) is 0 Å². The number of hydrogen-bond acceptors (Lipinski definition) is 2. The molecule has 0 aromatic carbocycles. The molecule has 2 nitrogen and oxygen atoms in total. The second-order valence-electron chi connectivity index (χ2n) is 6.60. The average Bonchev–Trinajstić information content (AvgIpc) is 2.80. The molecule has 2 heteroatoms. The highest BCUT2D eigenvalue weighted by Gasteiger charge is 2.31. The smallest absolute Gasteiger partial charge is 0.00994 e. The maximum absolute atomic E-state index is 6.03. The van der Waals surface area contributed by atoms with Crippen LogP contribution in [0.15, 0.2) is 0 Å². The zero-order valence-corrected chi connectivity index (χ0v) is 11.7. The van der Waals surface area contributed by atoms with E-state index in [4.69, 9.17) is 5.73 Å². The van der Waals surface area contributed by atoms with Crippen LogP contribution in [0.25, 0.3) is 0 Å². The van der Waals surface area contributed by atoms with Gasteiger partial charge in [0, 0.05) is 24.7 Å². The van der Waals surface area contributed by atoms with Gasteiger partial charge in [0.1, 0.15) is 0 Å². The first-order chi connectivity index (χ1) is 8.16. The van der Waals surface area contributed by atoms with E-state index in [1.807, 2.05) is 0 Å². The summed E-state index contributed by atoms with van der Waals surface area (Å²) < 4.78 is 0. The standard InChI is InChI=1S/C15H30N2/c1-12(2)11-17(14-5-3-4-6-14)15-9-7-13(16)8-10-15/h12-15H,3-11,16H2,1-2H3. The van der Waals surface area contributed by atoms with Crippen molar-refractivity contribution >= 4 is 0 Å². The van der Waals surface area contributed by atoms with Gasteiger partial charge in [-0.1, -0.05) is 26.7 Å². The van der Waals surface area contributed by atoms with Crippen LogP contribution in [0, 0.1) is 5.92 Å². The molecule has 0 amide bonds. The summed E-state index contributed by atoms with van der Waals surface area (Å²) in [6.45, 7) is 6.01. The molecule has 2 saturated carbocycles. The van der Waals surface area contributed by atoms with E-state index in [0.717, 1.165) is 18.0 Å². The molecule has 2 fully saturated rings. The van der Waals surface area contributed by atoms with Crippen molar-refractivity contribution in [3.63, 3.8) is 0 Å². The molecule has 0 spiro atoms. The minimum Gasteiger partial charge on any atom is -0.328 e. The van der Waals surface area contributed by atoms with Crippen LogP contribution in [0.5, 0.6) is 0 Å². The Kier molecular flexibility index (Phi) is 4.87. The van der Waals surface area contributed by atoms with E-state index >= 15 is 0 Å². The van der Waals surface area contributed by atoms with Gasteiger partial charge >= 0.3 is 0 Å². The fraction of sp³-hybridized carbons (Fsp3) is 1.00. The van der Waals surface area contributed by atoms with E-state index in [-0.39, 0.29) is 0 Å². The van der Waals surface area contributed by atoms with Crippen molar-refractivity contribution in [2.45, 2.75) is 83.3 Å². The van der Waals surface area contributed by atoms with Gasteiger partial charge in [0.15, 0.2) is 0 Å². The first-order valence-corrected chi connectivity index (χ1v) is 7.68. The van der Waals surface area contributed by atoms with E-state index in [2.05, 4.69) is 18.7 Å². The molecule has 0 aromatic rings. The third kappa shape index (κ3) is 3.69. The van der Waals surface area contributed by atoms with Crippen molar-refractivity contribution in [1.29, 1.82) is 0 Å². The molecule has 0 saturated heterocycles. The van der Waals surface area contributed by atoms with Crippen molar-refractivity contribution in [2.24, 2.45) is 11.7 Å². The first-order valence-electron chi connectivity index (χ1n) is 7.68. The van der Waals surface area contributed by atoms with Gasteiger partial charge in [-0.25, -0.2) is 0 Å². The summed E-state index contributed by atoms with van der Waals surface area (Å²) in [6, 6.07) is 2.20. The van der Waals surface area contributed by atoms with Crippen LogP contribution in [0.3, 0.4) is 0 Å². The van der Waals surface area contributed by atoms with Crippen LogP contribution in [0.4, 0.5) is 0 Å². The third-order valence-corrected chi connectivity index (χ3v) is 4.58. The lowest BCUT2D eigenvalue weighted by Gasteiger charge is -2.40. The van der Waals surface area contributed by atoms with Crippen LogP contribution in [0.1, 0.15) is 65.2 Å². The second kappa shape index (κ2) is 6.19. The normalized spacial score (nSPS) is 31.6. The highest BCUT2D eigenvalue weighted by Crippen LogP contribution is 2.31. The predicted molar refractivity (Wildman–Crippen MR) is 74.0 cm³/mol. The Bertz CT molecular complexity index is 213. The van der Waals surface area contributed by atoms with Crippen LogP contribution in [-0.2, 0) is 0 Å². The molecule has 0 atom stereocenters. The van der Waals surface area contributed by atoms with Gasteiger partial charge < -0.3 is 5.73 Å². The predicted octanol–water partition coefficient (Wildman–Crippen LogP) is 3.16. The summed E-state index contributed by atoms with van der Waals surface area (Å²) in [5, 5.41) is 0. The van der Waals surface area contributed by atoms with Crippen molar-refractivity contribution in [2.75, 3.05) is 6.54 Å². The molecule has 0 bridgehead atoms. The Labute approximate surface area is 107 Å². The van der Waals surface area contributed by atoms with Gasteiger partial charge in [0.2, 0.25) is 0 Å². The minimum absolute atomic E-state index is 0.482. The number of hydrogen-bond donors (Lipinski definition) is 1. The lowest BCUT2D eigenvalue weighted by molar-refractivity contribution is 0.0883. The lowest BCUT2D eigenvalue weighted by atomic mass is 9.89. The van der Waals surface area contributed by atoms with Crippen molar-refractivity contribution in [1.82, 2.24) is 4.90 Å². The summed E-state index contributed by atoms with van der Waals surface area (Å²) >= 11 is 0. The average molecular weight is 238 g/mol. The molecule has 0 aliphatic heterocycles. The van der Waals surface area contributed by atoms with E-state index < -0.39 is 0 Å². The molecule has 2 aliphatic rings. The molecular formula is C15H30N2. The van der Waals surface area contributed by atoms with Gasteiger partial charge in [-0.3, -0.25) is 4.90 Å². The Morgan fingerprint density at radius 2 is 1.47 bits per heavy atom. The maximum Gasteiger partial charge on any atom is 0.00994 e. The van der Waals surface area contributed by atoms with Gasteiger partial charge in [0.05, 0.1) is 0 Å². The van der Waals surface area contributed by atoms with Crippen LogP contribution < -0.4 is 5.73 Å². The zero-order valence-electron chi connectivity index (χ0n) is 11.7. The van der Waals surface area contributed by atoms with Crippen LogP contribution >= 0.6 is 0 Å². The van der Waals surface area contributed by atoms with Gasteiger partial charge in [-0.2, -0.15) is 0 Å². The van der Waals surface area contributed by atoms with Crippen LogP contribution in [-0.4, -0.2) is 29.6 Å². The first kappa shape index (κ1) is 13.4. The monoisotopic (exact) mass is 238 g/mol. The molecule has 2 rings (SSSR count). The lowest BCUT2D eigenvalue weighted by Crippen LogP contribution is -2.47. The molecule has 0 unspecified atom stereocenters. The fourth-order valence-electron chi connectivity index (χ4n) is 3.69. The molecule has 0 radical (unpaired) electrons. The summed E-state index contributed by atoms with van der Waals surface area (Å²) in [5.41, 5.74) is 6.03. The molecule has 17 heavy (non-hydrogen) atoms. The molecular weight excluding hydrogens is 208 g/mol. The van der Waals surface area contributed by atoms with E-state index in [1.165, 1.54) is 57.9 Å². The highest BCUT2D eigenvalue weighted by molar-refractivity contribution is 4.87. The van der Waals surface area contributed by atoms with Crippen molar-refractivity contribution in [3.8, 4) is 0 Å². The van der Waals surface area contributed by atoms with Crippen LogP contribution in [0.2, 0.25) is 0 Å². The fourth-order valence-corrected chi connectivity index (χ4v) is 3.69. The van der Waals surface area contributed by atoms with Gasteiger partial charge in [0.25, 0.3) is 0 Å². The van der Waals surface area contributed by atoms with E-state index in [0.29, 0.717) is 6.04 Å². The van der Waals surface area contributed by atoms with E-state index in [9.17, 15) is 0 Å². The Morgan fingerprint density at radius 3 is 2.00 bits per heavy atom. The van der Waals surface area contributed by atoms with Crippen molar-refractivity contribution < 1.29 is 0 Å². The Morgan fingerprint density at radius 1 is 0.941 bits per heavy atom. The topological polar surface area (TPSA) is 29.3 Å². The molecule has 2 aliphatic carbocycles. The zero-order chi connectivity index (χ0) is 12.3. The van der Waals surface area contributed by atoms with Gasteiger partial charge in [-0.05, 0) is 44.4 Å². The summed E-state index contributed by atoms with van der Waals surface area (Å²) in [7, 11) is 0. The van der Waals surface area contributed by atoms with E-state index in [1.54, 1.807) is 0 Å². The minimum atomic E-state index is 0.482. The molecule has 100 valence electrons. The Hall–Kier alpha value is -0.0800. The quantitative estimate of drug-likeness (QED) is 0.815. The largest absolute Gasteiger partial charge is 0.328 e. The molecule has 0 aromatic heterocycles. The number of nitrogens with zero attached hydrogens (tertiary/aromatic N) is 1. The summed E-state index contributed by atoms with van der Waals surface area (Å²) in [4.78, 5) is 2.85. The molecule has 2 N–H and O–H groups in total. The SMILES string of the molecule is CC(C)CN(C1CCCC1)C1CCC(N)CC1. The summed E-state index contributed by atoms with van der Waals surface area (Å²) in [6.07, 6.45) is 10.9. The number of rotatable bonds is 4. The Balaban J connectivity index is 1.93. The summed E-state index contributed by atoms with van der Waals surface area (Å²) in [5.74, 6) is 0.797. The number of nitrogens with two attached hydrogens (primary N) is 1. The second-order valence-corrected chi connectivity index (χ2v) is 6.60.